The first-order valence-corrected chi connectivity index (χ1v) is 23.4. The van der Waals surface area contributed by atoms with Crippen LogP contribution in [0.25, 0.3) is 0 Å². The van der Waals surface area contributed by atoms with Gasteiger partial charge in [-0.1, -0.05) is 128 Å². The summed E-state index contributed by atoms with van der Waals surface area (Å²) >= 11 is 0. The number of nitrogens with one attached hydrogen (secondary N) is 1. The minimum atomic E-state index is -1.11. The molecule has 3 unspecified atom stereocenters. The number of carbonyl (C=O) groups excluding carboxylic acids is 6. The Morgan fingerprint density at radius 1 is 0.597 bits per heavy atom. The minimum Gasteiger partial charge on any atom is -0.459 e. The Kier molecular flexibility index (Phi) is 17.5. The lowest BCUT2D eigenvalue weighted by Crippen LogP contribution is -2.69. The van der Waals surface area contributed by atoms with E-state index < -0.39 is 42.1 Å². The van der Waals surface area contributed by atoms with E-state index in [0.717, 1.165) is 53.7 Å². The van der Waals surface area contributed by atoms with Gasteiger partial charge in [0, 0.05) is 45.7 Å². The average molecular weight is 913 g/mol. The van der Waals surface area contributed by atoms with Gasteiger partial charge in [0.2, 0.25) is 17.8 Å². The smallest absolute Gasteiger partial charge is 0.437 e. The third kappa shape index (κ3) is 14.0. The van der Waals surface area contributed by atoms with E-state index in [-0.39, 0.29) is 50.7 Å². The van der Waals surface area contributed by atoms with E-state index in [1.165, 1.54) is 10.5 Å². The van der Waals surface area contributed by atoms with Crippen molar-refractivity contribution in [2.45, 2.75) is 83.6 Å². The van der Waals surface area contributed by atoms with E-state index in [1.54, 1.807) is 9.80 Å². The number of piperidine rings is 1. The summed E-state index contributed by atoms with van der Waals surface area (Å²) in [5.74, 6) is -1.88. The molecular weight excluding hydrogens is 853 g/mol. The van der Waals surface area contributed by atoms with E-state index in [9.17, 15) is 28.8 Å². The Balaban J connectivity index is 0.951. The largest absolute Gasteiger partial charge is 0.459 e. The number of aliphatic imine (C=N–C) groups is 1. The molecule has 4 aromatic carbocycles. The van der Waals surface area contributed by atoms with Gasteiger partial charge in [-0.15, -0.1) is 4.99 Å². The van der Waals surface area contributed by atoms with E-state index in [4.69, 9.17) is 14.2 Å². The van der Waals surface area contributed by atoms with Crippen molar-refractivity contribution in [2.24, 2.45) is 16.8 Å². The number of esters is 1. The van der Waals surface area contributed by atoms with Crippen molar-refractivity contribution in [1.29, 1.82) is 0 Å². The Morgan fingerprint density at radius 3 is 1.76 bits per heavy atom. The Morgan fingerprint density at radius 2 is 1.15 bits per heavy atom. The molecule has 0 saturated carbocycles. The second-order valence-corrected chi connectivity index (χ2v) is 17.2. The number of hydrogen-bond donors (Lipinski definition) is 1. The van der Waals surface area contributed by atoms with Crippen LogP contribution in [0.2, 0.25) is 0 Å². The number of amides is 6. The van der Waals surface area contributed by atoms with Gasteiger partial charge in [0.15, 0.2) is 6.04 Å². The van der Waals surface area contributed by atoms with Gasteiger partial charge in [-0.2, -0.15) is 0 Å². The van der Waals surface area contributed by atoms with Gasteiger partial charge in [0.25, 0.3) is 0 Å². The van der Waals surface area contributed by atoms with E-state index >= 15 is 0 Å². The Bertz CT molecular complexity index is 2290. The van der Waals surface area contributed by atoms with Crippen molar-refractivity contribution in [3.8, 4) is 0 Å². The number of aryl methyl sites for hydroxylation is 1. The molecule has 6 amide bonds. The van der Waals surface area contributed by atoms with Crippen molar-refractivity contribution in [1.82, 2.24) is 24.9 Å². The van der Waals surface area contributed by atoms with Crippen molar-refractivity contribution in [3.05, 3.63) is 144 Å². The summed E-state index contributed by atoms with van der Waals surface area (Å²) in [6.07, 6.45) is 4.77. The zero-order valence-electron chi connectivity index (χ0n) is 37.9. The average Bonchev–Trinajstić information content (AvgIpc) is 3.37. The molecule has 3 fully saturated rings. The second kappa shape index (κ2) is 24.5. The van der Waals surface area contributed by atoms with Crippen LogP contribution in [0, 0.1) is 11.8 Å². The highest BCUT2D eigenvalue weighted by molar-refractivity contribution is 6.08. The number of β-lactam (4-membered cyclic amide) rings is 1. The quantitative estimate of drug-likeness (QED) is 0.0293. The van der Waals surface area contributed by atoms with Crippen LogP contribution in [0.1, 0.15) is 73.6 Å². The van der Waals surface area contributed by atoms with Crippen LogP contribution in [0.4, 0.5) is 14.4 Å². The Hall–Kier alpha value is -7.03. The number of likely N-dealkylation sites (tertiary alicyclic amines) is 2. The molecule has 1 N–H and O–H groups in total. The summed E-state index contributed by atoms with van der Waals surface area (Å²) in [6.45, 7) is 2.03. The number of rotatable bonds is 16. The summed E-state index contributed by atoms with van der Waals surface area (Å²) in [5.41, 5.74) is 3.62. The zero-order chi connectivity index (χ0) is 46.8. The number of benzene rings is 4. The molecule has 3 aliphatic heterocycles. The highest BCUT2D eigenvalue weighted by atomic mass is 16.6. The first-order chi connectivity index (χ1) is 32.7. The highest BCUT2D eigenvalue weighted by Gasteiger charge is 2.56. The maximum absolute atomic E-state index is 14.0. The van der Waals surface area contributed by atoms with Gasteiger partial charge in [0.05, 0.1) is 5.92 Å². The highest BCUT2D eigenvalue weighted by Crippen LogP contribution is 2.36. The van der Waals surface area contributed by atoms with Gasteiger partial charge < -0.3 is 28.9 Å². The number of ether oxygens (including phenoxy) is 3. The first-order valence-electron chi connectivity index (χ1n) is 23.4. The number of piperazine rings is 1. The SMILES string of the molecule is O=C(/N=C(\NC(=O)OCc1ccccc1)N1CCCC(CCC2C(=O)N(C(=O)N3CCN(C(=O)CCCCCc4ccccc4)CC3)C2C(=O)OCc2ccccc2)C1)OCc1ccccc1. The molecule has 3 atom stereocenters. The van der Waals surface area contributed by atoms with Crippen LogP contribution in [0.5, 0.6) is 0 Å². The third-order valence-corrected chi connectivity index (χ3v) is 12.5. The van der Waals surface area contributed by atoms with Crippen LogP contribution in [-0.4, -0.2) is 107 Å². The number of alkyl carbamates (subject to hydrolysis) is 1. The molecule has 15 nitrogen and oxygen atoms in total. The van der Waals surface area contributed by atoms with Crippen molar-refractivity contribution < 1.29 is 43.0 Å². The summed E-state index contributed by atoms with van der Waals surface area (Å²) in [5, 5.41) is 2.66. The van der Waals surface area contributed by atoms with Gasteiger partial charge in [-0.25, -0.2) is 24.1 Å². The summed E-state index contributed by atoms with van der Waals surface area (Å²) in [6, 6.07) is 36.2. The van der Waals surface area contributed by atoms with Gasteiger partial charge in [-0.05, 0) is 73.1 Å². The van der Waals surface area contributed by atoms with Crippen LogP contribution in [-0.2, 0) is 54.8 Å². The Labute approximate surface area is 392 Å². The van der Waals surface area contributed by atoms with E-state index in [0.29, 0.717) is 51.9 Å². The van der Waals surface area contributed by atoms with Gasteiger partial charge >= 0.3 is 24.2 Å². The molecule has 3 heterocycles. The molecule has 0 spiro atoms. The molecule has 67 heavy (non-hydrogen) atoms. The number of urea groups is 1. The number of guanidine groups is 1. The van der Waals surface area contributed by atoms with Crippen LogP contribution < -0.4 is 5.32 Å². The molecule has 0 aromatic heterocycles. The van der Waals surface area contributed by atoms with Crippen LogP contribution >= 0.6 is 0 Å². The molecule has 15 heteroatoms. The van der Waals surface area contributed by atoms with Gasteiger partial charge in [-0.3, -0.25) is 14.9 Å². The molecule has 3 aliphatic rings. The summed E-state index contributed by atoms with van der Waals surface area (Å²) < 4.78 is 16.6. The number of unbranched alkanes of at least 4 members (excludes halogenated alkanes) is 2. The summed E-state index contributed by atoms with van der Waals surface area (Å²) in [7, 11) is 0. The zero-order valence-corrected chi connectivity index (χ0v) is 37.9. The monoisotopic (exact) mass is 912 g/mol. The van der Waals surface area contributed by atoms with Gasteiger partial charge in [0.1, 0.15) is 19.8 Å². The lowest BCUT2D eigenvalue weighted by atomic mass is 9.80. The normalized spacial score (nSPS) is 18.4. The fraction of sp³-hybridized carbons (Fsp3) is 0.404. The standard InChI is InChI=1S/C52H60N6O9/c59-45(27-15-5-8-19-39-17-6-1-7-18-39)55-31-33-56(34-32-55)52(64)58-46(48(61)65-36-41-20-9-2-10-21-41)44(47(58)60)29-28-40-26-16-30-57(35-40)49(53-50(62)66-37-42-22-11-3-12-23-42)54-51(63)67-38-43-24-13-4-14-25-43/h1-4,6-7,9-14,17-18,20-25,40,44,46H,5,8,15-16,19,26-38H2,(H,53,54,62,63). The maximum Gasteiger partial charge on any atom is 0.437 e. The first kappa shape index (κ1) is 47.9. The number of nitrogens with zero attached hydrogens (tertiary/aromatic N) is 5. The lowest BCUT2D eigenvalue weighted by molar-refractivity contribution is -0.171. The topological polar surface area (TPSA) is 167 Å². The fourth-order valence-electron chi connectivity index (χ4n) is 8.79. The van der Waals surface area contributed by atoms with Crippen LogP contribution in [0.15, 0.2) is 126 Å². The predicted molar refractivity (Wildman–Crippen MR) is 250 cm³/mol. The molecule has 352 valence electrons. The third-order valence-electron chi connectivity index (χ3n) is 12.5. The fourth-order valence-corrected chi connectivity index (χ4v) is 8.79. The molecule has 0 bridgehead atoms. The number of hydrogen-bond acceptors (Lipinski definition) is 9. The molecule has 4 aromatic rings. The molecular formula is C52H60N6O9. The molecule has 3 saturated heterocycles. The van der Waals surface area contributed by atoms with Crippen molar-refractivity contribution in [3.63, 3.8) is 0 Å². The summed E-state index contributed by atoms with van der Waals surface area (Å²) in [4.78, 5) is 91.3. The van der Waals surface area contributed by atoms with Crippen molar-refractivity contribution >= 4 is 42.0 Å². The minimum absolute atomic E-state index is 0.00644. The van der Waals surface area contributed by atoms with Crippen LogP contribution in [0.3, 0.4) is 0 Å². The number of carbonyl (C=O) groups is 6. The molecule has 0 radical (unpaired) electrons. The predicted octanol–water partition coefficient (Wildman–Crippen LogP) is 7.74. The second-order valence-electron chi connectivity index (χ2n) is 17.2. The maximum atomic E-state index is 14.0. The van der Waals surface area contributed by atoms with E-state index in [2.05, 4.69) is 22.4 Å². The molecule has 7 rings (SSSR count). The van der Waals surface area contributed by atoms with Crippen molar-refractivity contribution in [2.75, 3.05) is 39.3 Å². The van der Waals surface area contributed by atoms with E-state index in [1.807, 2.05) is 109 Å². The number of imide groups is 1. The lowest BCUT2D eigenvalue weighted by Gasteiger charge is -2.47. The molecule has 0 aliphatic carbocycles.